The van der Waals surface area contributed by atoms with Crippen molar-refractivity contribution in [3.8, 4) is 0 Å². The van der Waals surface area contributed by atoms with Crippen molar-refractivity contribution in [2.24, 2.45) is 0 Å². The van der Waals surface area contributed by atoms with Crippen LogP contribution in [0.3, 0.4) is 0 Å². The molecule has 1 fully saturated rings. The maximum absolute atomic E-state index is 6.15. The topological polar surface area (TPSA) is 32.3 Å². The van der Waals surface area contributed by atoms with Crippen molar-refractivity contribution in [2.75, 3.05) is 36.0 Å². The van der Waals surface area contributed by atoms with Gasteiger partial charge in [-0.25, -0.2) is 9.97 Å². The molecule has 0 saturated carbocycles. The number of hydrogen-bond donors (Lipinski definition) is 0. The normalized spacial score (nSPS) is 15.1. The molecule has 5 heteroatoms. The van der Waals surface area contributed by atoms with E-state index in [4.69, 9.17) is 21.6 Å². The van der Waals surface area contributed by atoms with E-state index in [-0.39, 0.29) is 0 Å². The summed E-state index contributed by atoms with van der Waals surface area (Å²) in [5.74, 6) is 2.28. The monoisotopic (exact) mass is 366 g/mol. The Morgan fingerprint density at radius 1 is 0.885 bits per heavy atom. The molecule has 0 aliphatic carbocycles. The first kappa shape index (κ1) is 17.1. The minimum absolute atomic E-state index is 0.311. The van der Waals surface area contributed by atoms with Crippen molar-refractivity contribution < 1.29 is 0 Å². The number of anilines is 2. The molecule has 0 spiro atoms. The second kappa shape index (κ2) is 7.12. The molecule has 134 valence electrons. The Balaban J connectivity index is 1.61. The van der Waals surface area contributed by atoms with Crippen LogP contribution in [-0.2, 0) is 0 Å². The summed E-state index contributed by atoms with van der Waals surface area (Å²) in [6.07, 6.45) is 0. The molecule has 0 atom stereocenters. The third kappa shape index (κ3) is 3.34. The molecular weight excluding hydrogens is 344 g/mol. The summed E-state index contributed by atoms with van der Waals surface area (Å²) in [5.41, 5.74) is 2.21. The first-order chi connectivity index (χ1) is 12.6. The minimum atomic E-state index is 0.311. The van der Waals surface area contributed by atoms with E-state index in [2.05, 4.69) is 47.9 Å². The van der Waals surface area contributed by atoms with Crippen molar-refractivity contribution in [2.45, 2.75) is 19.8 Å². The highest BCUT2D eigenvalue weighted by Gasteiger charge is 2.21. The Morgan fingerprint density at radius 3 is 2.35 bits per heavy atom. The molecule has 0 bridgehead atoms. The number of nitrogens with zero attached hydrogens (tertiary/aromatic N) is 4. The summed E-state index contributed by atoms with van der Waals surface area (Å²) < 4.78 is 0. The molecule has 2 aromatic carbocycles. The highest BCUT2D eigenvalue weighted by atomic mass is 35.5. The van der Waals surface area contributed by atoms with E-state index in [9.17, 15) is 0 Å². The SMILES string of the molecule is CC(C)c1nc(N2CCN(c3cccc(Cl)c3)CC2)c2ccccc2n1. The Morgan fingerprint density at radius 2 is 1.62 bits per heavy atom. The van der Waals surface area contributed by atoms with Crippen LogP contribution >= 0.6 is 11.6 Å². The molecule has 0 amide bonds. The first-order valence-corrected chi connectivity index (χ1v) is 9.52. The molecule has 0 unspecified atom stereocenters. The summed E-state index contributed by atoms with van der Waals surface area (Å²) in [7, 11) is 0. The number of halogens is 1. The highest BCUT2D eigenvalue weighted by molar-refractivity contribution is 6.30. The maximum atomic E-state index is 6.15. The summed E-state index contributed by atoms with van der Waals surface area (Å²) in [6, 6.07) is 16.4. The van der Waals surface area contributed by atoms with Crippen LogP contribution < -0.4 is 9.80 Å². The third-order valence-corrected chi connectivity index (χ3v) is 5.10. The number of rotatable bonds is 3. The Labute approximate surface area is 159 Å². The summed E-state index contributed by atoms with van der Waals surface area (Å²) in [5, 5.41) is 1.92. The second-order valence-corrected chi connectivity index (χ2v) is 7.47. The smallest absolute Gasteiger partial charge is 0.140 e. The summed E-state index contributed by atoms with van der Waals surface area (Å²) >= 11 is 6.15. The Bertz CT molecular complexity index is 917. The molecule has 3 aromatic rings. The van der Waals surface area contributed by atoms with Crippen LogP contribution in [0.5, 0.6) is 0 Å². The molecule has 26 heavy (non-hydrogen) atoms. The van der Waals surface area contributed by atoms with Gasteiger partial charge in [0, 0.05) is 48.2 Å². The van der Waals surface area contributed by atoms with Crippen molar-refractivity contribution in [1.29, 1.82) is 0 Å². The van der Waals surface area contributed by atoms with Crippen LogP contribution in [0, 0.1) is 0 Å². The summed E-state index contributed by atoms with van der Waals surface area (Å²) in [6.45, 7) is 8.07. The molecular formula is C21H23ClN4. The predicted octanol–water partition coefficient (Wildman–Crippen LogP) is 4.73. The van der Waals surface area contributed by atoms with Gasteiger partial charge >= 0.3 is 0 Å². The number of para-hydroxylation sites is 1. The van der Waals surface area contributed by atoms with E-state index in [0.29, 0.717) is 5.92 Å². The van der Waals surface area contributed by atoms with Gasteiger partial charge < -0.3 is 9.80 Å². The van der Waals surface area contributed by atoms with Gasteiger partial charge in [0.1, 0.15) is 11.6 Å². The predicted molar refractivity (Wildman–Crippen MR) is 110 cm³/mol. The fourth-order valence-electron chi connectivity index (χ4n) is 3.43. The quantitative estimate of drug-likeness (QED) is 0.670. The van der Waals surface area contributed by atoms with Gasteiger partial charge in [-0.2, -0.15) is 0 Å². The van der Waals surface area contributed by atoms with Gasteiger partial charge in [-0.3, -0.25) is 0 Å². The summed E-state index contributed by atoms with van der Waals surface area (Å²) in [4.78, 5) is 14.4. The number of hydrogen-bond acceptors (Lipinski definition) is 4. The average Bonchev–Trinajstić information content (AvgIpc) is 2.67. The standard InChI is InChI=1S/C21H23ClN4/c1-15(2)20-23-19-9-4-3-8-18(19)21(24-20)26-12-10-25(11-13-26)17-7-5-6-16(22)14-17/h3-9,14-15H,10-13H2,1-2H3. The third-order valence-electron chi connectivity index (χ3n) is 4.87. The fourth-order valence-corrected chi connectivity index (χ4v) is 3.61. The van der Waals surface area contributed by atoms with E-state index >= 15 is 0 Å². The molecule has 1 aromatic heterocycles. The van der Waals surface area contributed by atoms with Crippen molar-refractivity contribution in [3.05, 3.63) is 59.4 Å². The lowest BCUT2D eigenvalue weighted by molar-refractivity contribution is 0.645. The van der Waals surface area contributed by atoms with Gasteiger partial charge in [0.05, 0.1) is 5.52 Å². The van der Waals surface area contributed by atoms with Crippen molar-refractivity contribution >= 4 is 34.0 Å². The molecule has 1 saturated heterocycles. The lowest BCUT2D eigenvalue weighted by Gasteiger charge is -2.37. The molecule has 0 radical (unpaired) electrons. The van der Waals surface area contributed by atoms with Crippen molar-refractivity contribution in [1.82, 2.24) is 9.97 Å². The number of benzene rings is 2. The second-order valence-electron chi connectivity index (χ2n) is 7.03. The Hall–Kier alpha value is -2.33. The van der Waals surface area contributed by atoms with Gasteiger partial charge in [0.15, 0.2) is 0 Å². The van der Waals surface area contributed by atoms with Crippen LogP contribution in [0.25, 0.3) is 10.9 Å². The van der Waals surface area contributed by atoms with Gasteiger partial charge in [0.2, 0.25) is 0 Å². The van der Waals surface area contributed by atoms with Crippen molar-refractivity contribution in [3.63, 3.8) is 0 Å². The van der Waals surface area contributed by atoms with Crippen LogP contribution in [-0.4, -0.2) is 36.1 Å². The van der Waals surface area contributed by atoms with E-state index in [1.54, 1.807) is 0 Å². The van der Waals surface area contributed by atoms with E-state index < -0.39 is 0 Å². The first-order valence-electron chi connectivity index (χ1n) is 9.14. The largest absolute Gasteiger partial charge is 0.368 e. The van der Waals surface area contributed by atoms with Crippen LogP contribution in [0.1, 0.15) is 25.6 Å². The van der Waals surface area contributed by atoms with Gasteiger partial charge in [-0.15, -0.1) is 0 Å². The fraction of sp³-hybridized carbons (Fsp3) is 0.333. The van der Waals surface area contributed by atoms with E-state index in [1.807, 2.05) is 24.3 Å². The minimum Gasteiger partial charge on any atom is -0.368 e. The lowest BCUT2D eigenvalue weighted by atomic mass is 10.1. The van der Waals surface area contributed by atoms with Crippen LogP contribution in [0.15, 0.2) is 48.5 Å². The molecule has 2 heterocycles. The van der Waals surface area contributed by atoms with Gasteiger partial charge in [-0.1, -0.05) is 43.6 Å². The average molecular weight is 367 g/mol. The number of fused-ring (bicyclic) bond motifs is 1. The molecule has 1 aliphatic heterocycles. The van der Waals surface area contributed by atoms with E-state index in [1.165, 1.54) is 5.69 Å². The number of piperazine rings is 1. The van der Waals surface area contributed by atoms with Crippen LogP contribution in [0.2, 0.25) is 5.02 Å². The zero-order valence-corrected chi connectivity index (χ0v) is 15.9. The highest BCUT2D eigenvalue weighted by Crippen LogP contribution is 2.28. The molecule has 4 nitrogen and oxygen atoms in total. The molecule has 0 N–H and O–H groups in total. The Kier molecular flexibility index (Phi) is 4.68. The zero-order chi connectivity index (χ0) is 18.1. The van der Waals surface area contributed by atoms with Gasteiger partial charge in [-0.05, 0) is 30.3 Å². The number of aromatic nitrogens is 2. The molecule has 4 rings (SSSR count). The lowest BCUT2D eigenvalue weighted by Crippen LogP contribution is -2.47. The molecule has 1 aliphatic rings. The maximum Gasteiger partial charge on any atom is 0.140 e. The van der Waals surface area contributed by atoms with Gasteiger partial charge in [0.25, 0.3) is 0 Å². The van der Waals surface area contributed by atoms with Crippen LogP contribution in [0.4, 0.5) is 11.5 Å². The van der Waals surface area contributed by atoms with E-state index in [0.717, 1.165) is 53.7 Å². The zero-order valence-electron chi connectivity index (χ0n) is 15.2.